The molecule has 0 amide bonds. The summed E-state index contributed by atoms with van der Waals surface area (Å²) >= 11 is 0. The van der Waals surface area contributed by atoms with E-state index in [2.05, 4.69) is 46.3 Å². The molecule has 0 saturated heterocycles. The Morgan fingerprint density at radius 1 is 1.04 bits per heavy atom. The minimum Gasteiger partial charge on any atom is -0.493 e. The van der Waals surface area contributed by atoms with Crippen LogP contribution in [0.25, 0.3) is 0 Å². The zero-order valence-electron chi connectivity index (χ0n) is 16.0. The SMILES string of the molecule is COc1cc2c(cc1OC)CN(C1CN(C)C(c3ccccc3)=NO1)CC2. The van der Waals surface area contributed by atoms with Gasteiger partial charge in [0, 0.05) is 25.7 Å². The van der Waals surface area contributed by atoms with E-state index in [0.717, 1.165) is 49.0 Å². The molecule has 27 heavy (non-hydrogen) atoms. The Morgan fingerprint density at radius 2 is 1.74 bits per heavy atom. The highest BCUT2D eigenvalue weighted by Crippen LogP contribution is 2.34. The topological polar surface area (TPSA) is 46.5 Å². The summed E-state index contributed by atoms with van der Waals surface area (Å²) in [5.74, 6) is 2.43. The molecule has 0 aromatic heterocycles. The summed E-state index contributed by atoms with van der Waals surface area (Å²) in [5.41, 5.74) is 3.63. The Bertz CT molecular complexity index is 838. The van der Waals surface area contributed by atoms with Crippen LogP contribution in [0.15, 0.2) is 47.6 Å². The predicted octanol–water partition coefficient (Wildman–Crippen LogP) is 2.71. The summed E-state index contributed by atoms with van der Waals surface area (Å²) in [4.78, 5) is 10.4. The summed E-state index contributed by atoms with van der Waals surface area (Å²) in [7, 11) is 5.41. The van der Waals surface area contributed by atoms with Crippen molar-refractivity contribution < 1.29 is 14.3 Å². The van der Waals surface area contributed by atoms with Gasteiger partial charge in [0.15, 0.2) is 23.6 Å². The molecular weight excluding hydrogens is 342 g/mol. The van der Waals surface area contributed by atoms with Crippen molar-refractivity contribution in [2.45, 2.75) is 19.2 Å². The first-order valence-electron chi connectivity index (χ1n) is 9.18. The van der Waals surface area contributed by atoms with Crippen LogP contribution >= 0.6 is 0 Å². The monoisotopic (exact) mass is 367 g/mol. The van der Waals surface area contributed by atoms with Crippen LogP contribution < -0.4 is 9.47 Å². The lowest BCUT2D eigenvalue weighted by Crippen LogP contribution is -2.50. The minimum atomic E-state index is -0.0660. The van der Waals surface area contributed by atoms with Gasteiger partial charge in [-0.25, -0.2) is 0 Å². The molecule has 6 heteroatoms. The summed E-state index contributed by atoms with van der Waals surface area (Å²) in [6.45, 7) is 2.51. The second-order valence-electron chi connectivity index (χ2n) is 6.92. The lowest BCUT2D eigenvalue weighted by atomic mass is 9.98. The van der Waals surface area contributed by atoms with E-state index >= 15 is 0 Å². The van der Waals surface area contributed by atoms with Crippen molar-refractivity contribution in [3.05, 3.63) is 59.2 Å². The third-order valence-corrected chi connectivity index (χ3v) is 5.24. The van der Waals surface area contributed by atoms with Gasteiger partial charge in [-0.05, 0) is 29.7 Å². The van der Waals surface area contributed by atoms with E-state index in [-0.39, 0.29) is 6.23 Å². The highest BCUT2D eigenvalue weighted by molar-refractivity contribution is 5.98. The maximum absolute atomic E-state index is 5.89. The number of hydrogen-bond acceptors (Lipinski definition) is 6. The van der Waals surface area contributed by atoms with E-state index in [0.29, 0.717) is 0 Å². The van der Waals surface area contributed by atoms with Gasteiger partial charge in [-0.2, -0.15) is 0 Å². The third-order valence-electron chi connectivity index (χ3n) is 5.24. The molecule has 0 N–H and O–H groups in total. The molecule has 4 rings (SSSR count). The molecular formula is C21H25N3O3. The molecule has 0 saturated carbocycles. The number of ether oxygens (including phenoxy) is 2. The quantitative estimate of drug-likeness (QED) is 0.832. The van der Waals surface area contributed by atoms with Crippen molar-refractivity contribution in [2.75, 3.05) is 34.4 Å². The van der Waals surface area contributed by atoms with Crippen LogP contribution in [0.5, 0.6) is 11.5 Å². The molecule has 0 spiro atoms. The zero-order chi connectivity index (χ0) is 18.8. The van der Waals surface area contributed by atoms with E-state index in [1.54, 1.807) is 14.2 Å². The number of oxime groups is 1. The van der Waals surface area contributed by atoms with Gasteiger partial charge in [-0.3, -0.25) is 4.90 Å². The second kappa shape index (κ2) is 7.48. The van der Waals surface area contributed by atoms with Crippen molar-refractivity contribution in [1.29, 1.82) is 0 Å². The Morgan fingerprint density at radius 3 is 2.41 bits per heavy atom. The standard InChI is InChI=1S/C21H25N3O3/c1-23-14-20(27-22-21(23)15-7-5-4-6-8-15)24-10-9-16-11-18(25-2)19(26-3)12-17(16)13-24/h4-8,11-12,20H,9-10,13-14H2,1-3H3. The van der Waals surface area contributed by atoms with Crippen LogP contribution in [0.1, 0.15) is 16.7 Å². The average Bonchev–Trinajstić information content (AvgIpc) is 2.72. The van der Waals surface area contributed by atoms with E-state index in [1.165, 1.54) is 11.1 Å². The van der Waals surface area contributed by atoms with Gasteiger partial charge >= 0.3 is 0 Å². The number of nitrogens with zero attached hydrogens (tertiary/aromatic N) is 3. The first-order valence-corrected chi connectivity index (χ1v) is 9.18. The number of benzene rings is 2. The van der Waals surface area contributed by atoms with Crippen LogP contribution in [-0.2, 0) is 17.8 Å². The van der Waals surface area contributed by atoms with Gasteiger partial charge in [-0.1, -0.05) is 35.5 Å². The van der Waals surface area contributed by atoms with Crippen molar-refractivity contribution in [3.63, 3.8) is 0 Å². The van der Waals surface area contributed by atoms with Crippen LogP contribution in [0, 0.1) is 0 Å². The van der Waals surface area contributed by atoms with E-state index in [9.17, 15) is 0 Å². The van der Waals surface area contributed by atoms with Gasteiger partial charge in [0.25, 0.3) is 0 Å². The van der Waals surface area contributed by atoms with Crippen molar-refractivity contribution in [2.24, 2.45) is 5.16 Å². The Labute approximate surface area is 159 Å². The Kier molecular flexibility index (Phi) is 4.90. The molecule has 2 aliphatic heterocycles. The number of fused-ring (bicyclic) bond motifs is 1. The maximum Gasteiger partial charge on any atom is 0.199 e. The molecule has 1 atom stereocenters. The lowest BCUT2D eigenvalue weighted by molar-refractivity contribution is -0.0843. The molecule has 2 heterocycles. The van der Waals surface area contributed by atoms with Gasteiger partial charge in [-0.15, -0.1) is 0 Å². The fourth-order valence-corrected chi connectivity index (χ4v) is 3.73. The second-order valence-corrected chi connectivity index (χ2v) is 6.92. The number of rotatable bonds is 4. The largest absolute Gasteiger partial charge is 0.493 e. The van der Waals surface area contributed by atoms with Gasteiger partial charge in [0.05, 0.1) is 20.8 Å². The zero-order valence-corrected chi connectivity index (χ0v) is 16.0. The molecule has 0 radical (unpaired) electrons. The maximum atomic E-state index is 5.89. The molecule has 0 fully saturated rings. The number of likely N-dealkylation sites (N-methyl/N-ethyl adjacent to an activating group) is 1. The van der Waals surface area contributed by atoms with Crippen LogP contribution in [0.2, 0.25) is 0 Å². The molecule has 6 nitrogen and oxygen atoms in total. The normalized spacial score (nSPS) is 19.7. The highest BCUT2D eigenvalue weighted by Gasteiger charge is 2.31. The fraction of sp³-hybridized carbons (Fsp3) is 0.381. The smallest absolute Gasteiger partial charge is 0.199 e. The molecule has 0 bridgehead atoms. The average molecular weight is 367 g/mol. The van der Waals surface area contributed by atoms with Crippen molar-refractivity contribution >= 4 is 5.84 Å². The molecule has 2 aromatic carbocycles. The van der Waals surface area contributed by atoms with Crippen molar-refractivity contribution in [1.82, 2.24) is 9.80 Å². The lowest BCUT2D eigenvalue weighted by Gasteiger charge is -2.38. The molecule has 2 aliphatic rings. The van der Waals surface area contributed by atoms with Crippen LogP contribution in [0.4, 0.5) is 0 Å². The van der Waals surface area contributed by atoms with Crippen LogP contribution in [-0.4, -0.2) is 56.2 Å². The van der Waals surface area contributed by atoms with Gasteiger partial charge in [0.2, 0.25) is 0 Å². The van der Waals surface area contributed by atoms with E-state index in [4.69, 9.17) is 14.3 Å². The first-order chi connectivity index (χ1) is 13.2. The summed E-state index contributed by atoms with van der Waals surface area (Å²) in [6, 6.07) is 14.3. The predicted molar refractivity (Wildman–Crippen MR) is 104 cm³/mol. The number of hydrogen-bond donors (Lipinski definition) is 0. The van der Waals surface area contributed by atoms with Crippen molar-refractivity contribution in [3.8, 4) is 11.5 Å². The van der Waals surface area contributed by atoms with E-state index < -0.39 is 0 Å². The Hall–Kier alpha value is -2.73. The molecule has 142 valence electrons. The minimum absolute atomic E-state index is 0.0660. The first kappa shape index (κ1) is 17.7. The summed E-state index contributed by atoms with van der Waals surface area (Å²) in [5, 5.41) is 4.41. The third kappa shape index (κ3) is 3.45. The molecule has 0 aliphatic carbocycles. The Balaban J connectivity index is 1.51. The highest BCUT2D eigenvalue weighted by atomic mass is 16.7. The van der Waals surface area contributed by atoms with Gasteiger partial charge < -0.3 is 19.2 Å². The molecule has 2 aromatic rings. The molecule has 1 unspecified atom stereocenters. The summed E-state index contributed by atoms with van der Waals surface area (Å²) < 4.78 is 10.9. The number of amidine groups is 1. The van der Waals surface area contributed by atoms with Crippen LogP contribution in [0.3, 0.4) is 0 Å². The van der Waals surface area contributed by atoms with Gasteiger partial charge in [0.1, 0.15) is 0 Å². The number of methoxy groups -OCH3 is 2. The summed E-state index contributed by atoms with van der Waals surface area (Å²) in [6.07, 6.45) is 0.887. The van der Waals surface area contributed by atoms with E-state index in [1.807, 2.05) is 18.2 Å². The fourth-order valence-electron chi connectivity index (χ4n) is 3.73.